The molecular weight excluding hydrogens is 409 g/mol. The molecule has 0 aromatic heterocycles. The number of carbonyl (C=O) groups is 1. The normalized spacial score (nSPS) is 15.8. The molecule has 2 aromatic carbocycles. The van der Waals surface area contributed by atoms with Crippen molar-refractivity contribution in [1.82, 2.24) is 0 Å². The van der Waals surface area contributed by atoms with Gasteiger partial charge in [-0.15, -0.1) is 11.8 Å². The zero-order valence-electron chi connectivity index (χ0n) is 18.5. The lowest BCUT2D eigenvalue weighted by molar-refractivity contribution is -0.106. The number of unbranched alkanes of at least 4 members (excludes halogenated alkanes) is 2. The van der Waals surface area contributed by atoms with Crippen molar-refractivity contribution in [3.63, 3.8) is 0 Å². The van der Waals surface area contributed by atoms with Crippen LogP contribution in [0.3, 0.4) is 0 Å². The fourth-order valence-corrected chi connectivity index (χ4v) is 5.49. The molecule has 3 rings (SSSR count). The number of fused-ring (bicyclic) bond motifs is 1. The van der Waals surface area contributed by atoms with E-state index < -0.39 is 5.83 Å². The monoisotopic (exact) mass is 441 g/mol. The molecule has 0 bridgehead atoms. The van der Waals surface area contributed by atoms with Gasteiger partial charge in [-0.25, -0.2) is 0 Å². The summed E-state index contributed by atoms with van der Waals surface area (Å²) in [5, 5.41) is 0. The average Bonchev–Trinajstić information content (AvgIpc) is 2.98. The van der Waals surface area contributed by atoms with Crippen molar-refractivity contribution in [1.29, 1.82) is 0 Å². The van der Waals surface area contributed by atoms with E-state index >= 15 is 0 Å². The SMILES string of the molecule is CCCCC1(CCCC)CSc2cc(O/C=C(\F)C=O)ccc2N(c2ccccc2)C1. The quantitative estimate of drug-likeness (QED) is 0.215. The summed E-state index contributed by atoms with van der Waals surface area (Å²) in [4.78, 5) is 14.1. The number of nitrogens with zero attached hydrogens (tertiary/aromatic N) is 1. The predicted octanol–water partition coefficient (Wildman–Crippen LogP) is 7.69. The van der Waals surface area contributed by atoms with Crippen molar-refractivity contribution < 1.29 is 13.9 Å². The van der Waals surface area contributed by atoms with Crippen LogP contribution in [0.15, 0.2) is 65.5 Å². The molecule has 31 heavy (non-hydrogen) atoms. The number of halogens is 1. The number of thioether (sulfide) groups is 1. The maximum absolute atomic E-state index is 13.2. The maximum Gasteiger partial charge on any atom is 0.197 e. The molecule has 0 atom stereocenters. The Balaban J connectivity index is 1.99. The van der Waals surface area contributed by atoms with E-state index in [9.17, 15) is 9.18 Å². The smallest absolute Gasteiger partial charge is 0.197 e. The molecule has 0 aliphatic carbocycles. The highest BCUT2D eigenvalue weighted by molar-refractivity contribution is 7.99. The number of benzene rings is 2. The van der Waals surface area contributed by atoms with Crippen molar-refractivity contribution in [2.75, 3.05) is 17.2 Å². The molecule has 0 N–H and O–H groups in total. The molecule has 1 heterocycles. The number of allylic oxidation sites excluding steroid dienone is 1. The molecule has 0 fully saturated rings. The summed E-state index contributed by atoms with van der Waals surface area (Å²) in [6.45, 7) is 5.50. The summed E-state index contributed by atoms with van der Waals surface area (Å²) in [5.41, 5.74) is 2.57. The van der Waals surface area contributed by atoms with Crippen molar-refractivity contribution >= 4 is 29.4 Å². The standard InChI is InChI=1S/C26H32FNO2S/c1-3-5-14-26(15-6-4-2)19-28(22-10-8-7-9-11-22)24-13-12-23(16-25(24)31-20-26)30-18-21(27)17-29/h7-13,16-18H,3-6,14-15,19-20H2,1-2H3/b21-18-. The summed E-state index contributed by atoms with van der Waals surface area (Å²) in [6.07, 6.45) is 8.28. The number of aldehydes is 1. The van der Waals surface area contributed by atoms with E-state index in [1.807, 2.05) is 36.0 Å². The minimum absolute atomic E-state index is 0.144. The van der Waals surface area contributed by atoms with Crippen LogP contribution in [0.5, 0.6) is 5.75 Å². The highest BCUT2D eigenvalue weighted by Gasteiger charge is 2.35. The molecule has 5 heteroatoms. The number of ether oxygens (including phenoxy) is 1. The Bertz CT molecular complexity index is 876. The third-order valence-electron chi connectivity index (χ3n) is 5.86. The van der Waals surface area contributed by atoms with Crippen molar-refractivity contribution in [3.8, 4) is 5.75 Å². The second-order valence-electron chi connectivity index (χ2n) is 8.29. The predicted molar refractivity (Wildman–Crippen MR) is 128 cm³/mol. The largest absolute Gasteiger partial charge is 0.462 e. The molecular formula is C26H32FNO2S. The first-order chi connectivity index (χ1) is 15.1. The lowest BCUT2D eigenvalue weighted by Gasteiger charge is -2.37. The molecule has 2 aromatic rings. The minimum atomic E-state index is -0.924. The van der Waals surface area contributed by atoms with Gasteiger partial charge in [0, 0.05) is 22.9 Å². The third kappa shape index (κ3) is 6.13. The summed E-state index contributed by atoms with van der Waals surface area (Å²) in [5.74, 6) is 0.656. The first-order valence-corrected chi connectivity index (χ1v) is 12.2. The van der Waals surface area contributed by atoms with E-state index in [-0.39, 0.29) is 11.7 Å². The second-order valence-corrected chi connectivity index (χ2v) is 9.30. The van der Waals surface area contributed by atoms with Crippen LogP contribution in [-0.4, -0.2) is 18.6 Å². The minimum Gasteiger partial charge on any atom is -0.462 e. The van der Waals surface area contributed by atoms with Gasteiger partial charge < -0.3 is 9.64 Å². The van der Waals surface area contributed by atoms with Crippen molar-refractivity contribution in [3.05, 3.63) is 60.6 Å². The van der Waals surface area contributed by atoms with Crippen LogP contribution in [-0.2, 0) is 4.79 Å². The number of para-hydroxylation sites is 1. The van der Waals surface area contributed by atoms with Crippen molar-refractivity contribution in [2.45, 2.75) is 57.3 Å². The van der Waals surface area contributed by atoms with Crippen LogP contribution in [0.25, 0.3) is 0 Å². The van der Waals surface area contributed by atoms with E-state index in [0.717, 1.165) is 29.1 Å². The molecule has 1 aliphatic rings. The number of carbonyl (C=O) groups excluding carboxylic acids is 1. The highest BCUT2D eigenvalue weighted by atomic mass is 32.2. The van der Waals surface area contributed by atoms with E-state index in [4.69, 9.17) is 4.74 Å². The van der Waals surface area contributed by atoms with E-state index in [1.54, 1.807) is 0 Å². The lowest BCUT2D eigenvalue weighted by Crippen LogP contribution is -2.36. The van der Waals surface area contributed by atoms with Gasteiger partial charge in [0.1, 0.15) is 12.0 Å². The summed E-state index contributed by atoms with van der Waals surface area (Å²) in [7, 11) is 0. The number of hydrogen-bond donors (Lipinski definition) is 0. The zero-order chi connectivity index (χ0) is 22.1. The summed E-state index contributed by atoms with van der Waals surface area (Å²) in [6, 6.07) is 16.4. The zero-order valence-corrected chi connectivity index (χ0v) is 19.3. The molecule has 166 valence electrons. The van der Waals surface area contributed by atoms with Crippen LogP contribution in [0, 0.1) is 5.41 Å². The summed E-state index contributed by atoms with van der Waals surface area (Å²) >= 11 is 1.86. The molecule has 0 saturated heterocycles. The topological polar surface area (TPSA) is 29.5 Å². The van der Waals surface area contributed by atoms with Crippen molar-refractivity contribution in [2.24, 2.45) is 5.41 Å². The number of hydrogen-bond acceptors (Lipinski definition) is 4. The Hall–Kier alpha value is -2.27. The van der Waals surface area contributed by atoms with Gasteiger partial charge in [-0.1, -0.05) is 57.7 Å². The fraction of sp³-hybridized carbons (Fsp3) is 0.423. The molecule has 0 amide bonds. The Labute approximate surface area is 189 Å². The first-order valence-electron chi connectivity index (χ1n) is 11.2. The molecule has 0 saturated carbocycles. The van der Waals surface area contributed by atoms with Gasteiger partial charge in [0.2, 0.25) is 0 Å². The maximum atomic E-state index is 13.2. The fourth-order valence-electron chi connectivity index (χ4n) is 4.12. The lowest BCUT2D eigenvalue weighted by atomic mass is 9.79. The van der Waals surface area contributed by atoms with E-state index in [1.165, 1.54) is 44.2 Å². The van der Waals surface area contributed by atoms with Gasteiger partial charge in [-0.2, -0.15) is 4.39 Å². The van der Waals surface area contributed by atoms with Crippen LogP contribution in [0.1, 0.15) is 52.4 Å². The highest BCUT2D eigenvalue weighted by Crippen LogP contribution is 2.48. The van der Waals surface area contributed by atoms with Gasteiger partial charge in [0.25, 0.3) is 0 Å². The second kappa shape index (κ2) is 11.4. The number of rotatable bonds is 10. The van der Waals surface area contributed by atoms with Gasteiger partial charge in [0.15, 0.2) is 12.1 Å². The Morgan fingerprint density at radius 2 is 1.84 bits per heavy atom. The van der Waals surface area contributed by atoms with Crippen LogP contribution in [0.2, 0.25) is 0 Å². The molecule has 0 spiro atoms. The first kappa shape index (κ1) is 23.4. The van der Waals surface area contributed by atoms with Crippen LogP contribution < -0.4 is 9.64 Å². The van der Waals surface area contributed by atoms with Gasteiger partial charge in [-0.3, -0.25) is 4.79 Å². The summed E-state index contributed by atoms with van der Waals surface area (Å²) < 4.78 is 18.6. The Morgan fingerprint density at radius 1 is 1.13 bits per heavy atom. The van der Waals surface area contributed by atoms with E-state index in [0.29, 0.717) is 5.75 Å². The third-order valence-corrected chi connectivity index (χ3v) is 7.25. The molecule has 0 unspecified atom stereocenters. The Morgan fingerprint density at radius 3 is 2.48 bits per heavy atom. The average molecular weight is 442 g/mol. The van der Waals surface area contributed by atoms with Gasteiger partial charge in [0.05, 0.1) is 5.69 Å². The van der Waals surface area contributed by atoms with Gasteiger partial charge in [-0.05, 0) is 48.6 Å². The van der Waals surface area contributed by atoms with Gasteiger partial charge >= 0.3 is 0 Å². The molecule has 3 nitrogen and oxygen atoms in total. The van der Waals surface area contributed by atoms with Crippen LogP contribution in [0.4, 0.5) is 15.8 Å². The van der Waals surface area contributed by atoms with Crippen LogP contribution >= 0.6 is 11.8 Å². The number of anilines is 2. The Kier molecular flexibility index (Phi) is 8.59. The molecule has 0 radical (unpaired) electrons. The van der Waals surface area contributed by atoms with E-state index in [2.05, 4.69) is 43.0 Å². The molecule has 1 aliphatic heterocycles.